The van der Waals surface area contributed by atoms with Crippen LogP contribution in [0.1, 0.15) is 82.3 Å². The van der Waals surface area contributed by atoms with E-state index >= 15 is 0 Å². The third-order valence-electron chi connectivity index (χ3n) is 3.82. The van der Waals surface area contributed by atoms with Crippen molar-refractivity contribution in [2.45, 2.75) is 71.1 Å². The lowest BCUT2D eigenvalue weighted by atomic mass is 9.88. The lowest BCUT2D eigenvalue weighted by molar-refractivity contribution is 0.509. The Morgan fingerprint density at radius 1 is 0.895 bits per heavy atom. The maximum Gasteiger partial charge on any atom is 0.0991 e. The Bertz CT molecular complexity index is 372. The van der Waals surface area contributed by atoms with E-state index in [1.54, 1.807) is 0 Å². The topological polar surface area (TPSA) is 23.8 Å². The number of nitriles is 1. The second kappa shape index (κ2) is 9.62. The highest BCUT2D eigenvalue weighted by atomic mass is 14.2. The summed E-state index contributed by atoms with van der Waals surface area (Å²) >= 11 is 0. The number of benzene rings is 1. The molecule has 1 heteroatoms. The molecular weight excluding hydrogens is 230 g/mol. The van der Waals surface area contributed by atoms with Crippen molar-refractivity contribution in [1.82, 2.24) is 0 Å². The fourth-order valence-corrected chi connectivity index (χ4v) is 2.58. The Hall–Kier alpha value is -1.29. The van der Waals surface area contributed by atoms with Gasteiger partial charge in [0.1, 0.15) is 0 Å². The summed E-state index contributed by atoms with van der Waals surface area (Å²) in [5, 5.41) is 8.86. The van der Waals surface area contributed by atoms with E-state index in [1.165, 1.54) is 56.9 Å². The van der Waals surface area contributed by atoms with Gasteiger partial charge in [-0.25, -0.2) is 0 Å². The second-order valence-electron chi connectivity index (χ2n) is 5.42. The Kier molecular flexibility index (Phi) is 7.98. The SMILES string of the molecule is CCCCCCC(CCCC)c1ccc(C#N)cc1. The van der Waals surface area contributed by atoms with Crippen molar-refractivity contribution in [2.75, 3.05) is 0 Å². The fraction of sp³-hybridized carbons (Fsp3) is 0.611. The number of hydrogen-bond donors (Lipinski definition) is 0. The molecule has 0 aromatic heterocycles. The van der Waals surface area contributed by atoms with E-state index in [2.05, 4.69) is 32.0 Å². The van der Waals surface area contributed by atoms with Gasteiger partial charge in [-0.2, -0.15) is 5.26 Å². The standard InChI is InChI=1S/C18H27N/c1-3-5-7-8-10-17(9-6-4-2)18-13-11-16(15-19)12-14-18/h11-14,17H,3-10H2,1-2H3. The van der Waals surface area contributed by atoms with Crippen LogP contribution in [-0.4, -0.2) is 0 Å². The van der Waals surface area contributed by atoms with Gasteiger partial charge in [-0.3, -0.25) is 0 Å². The van der Waals surface area contributed by atoms with Gasteiger partial charge < -0.3 is 0 Å². The molecule has 1 aromatic carbocycles. The van der Waals surface area contributed by atoms with Crippen LogP contribution in [0.3, 0.4) is 0 Å². The number of hydrogen-bond acceptors (Lipinski definition) is 1. The van der Waals surface area contributed by atoms with E-state index in [4.69, 9.17) is 5.26 Å². The van der Waals surface area contributed by atoms with Crippen LogP contribution in [0.4, 0.5) is 0 Å². The average Bonchev–Trinajstić information content (AvgIpc) is 2.47. The zero-order valence-electron chi connectivity index (χ0n) is 12.5. The molecular formula is C18H27N. The van der Waals surface area contributed by atoms with Gasteiger partial charge in [0.15, 0.2) is 0 Å². The molecule has 0 N–H and O–H groups in total. The molecule has 104 valence electrons. The first-order valence-electron chi connectivity index (χ1n) is 7.81. The van der Waals surface area contributed by atoms with Crippen LogP contribution in [0.2, 0.25) is 0 Å². The summed E-state index contributed by atoms with van der Waals surface area (Å²) in [5.74, 6) is 0.685. The molecule has 0 heterocycles. The van der Waals surface area contributed by atoms with Crippen LogP contribution in [0.5, 0.6) is 0 Å². The smallest absolute Gasteiger partial charge is 0.0991 e. The van der Waals surface area contributed by atoms with E-state index in [1.807, 2.05) is 12.1 Å². The van der Waals surface area contributed by atoms with Crippen LogP contribution in [0.15, 0.2) is 24.3 Å². The Labute approximate surface area is 118 Å². The van der Waals surface area contributed by atoms with Gasteiger partial charge in [-0.1, -0.05) is 64.5 Å². The summed E-state index contributed by atoms with van der Waals surface area (Å²) < 4.78 is 0. The number of unbranched alkanes of at least 4 members (excludes halogenated alkanes) is 4. The lowest BCUT2D eigenvalue weighted by Gasteiger charge is -2.17. The minimum Gasteiger partial charge on any atom is -0.192 e. The van der Waals surface area contributed by atoms with Crippen LogP contribution in [0, 0.1) is 11.3 Å². The van der Waals surface area contributed by atoms with Gasteiger partial charge in [0.05, 0.1) is 11.6 Å². The predicted molar refractivity (Wildman–Crippen MR) is 82.2 cm³/mol. The molecule has 1 nitrogen and oxygen atoms in total. The minimum atomic E-state index is 0.685. The lowest BCUT2D eigenvalue weighted by Crippen LogP contribution is -1.99. The van der Waals surface area contributed by atoms with Crippen molar-refractivity contribution in [3.63, 3.8) is 0 Å². The van der Waals surface area contributed by atoms with Gasteiger partial charge in [0.25, 0.3) is 0 Å². The highest BCUT2D eigenvalue weighted by Crippen LogP contribution is 2.28. The fourth-order valence-electron chi connectivity index (χ4n) is 2.58. The summed E-state index contributed by atoms with van der Waals surface area (Å²) in [6, 6.07) is 10.4. The van der Waals surface area contributed by atoms with Crippen molar-refractivity contribution in [2.24, 2.45) is 0 Å². The molecule has 1 rings (SSSR count). The molecule has 19 heavy (non-hydrogen) atoms. The van der Waals surface area contributed by atoms with E-state index in [-0.39, 0.29) is 0 Å². The number of nitrogens with zero attached hydrogens (tertiary/aromatic N) is 1. The quantitative estimate of drug-likeness (QED) is 0.513. The van der Waals surface area contributed by atoms with Crippen LogP contribution in [-0.2, 0) is 0 Å². The molecule has 0 spiro atoms. The highest BCUT2D eigenvalue weighted by Gasteiger charge is 2.10. The maximum absolute atomic E-state index is 8.86. The summed E-state index contributed by atoms with van der Waals surface area (Å²) in [7, 11) is 0. The van der Waals surface area contributed by atoms with E-state index in [0.29, 0.717) is 5.92 Å². The van der Waals surface area contributed by atoms with Crippen molar-refractivity contribution in [1.29, 1.82) is 5.26 Å². The molecule has 0 radical (unpaired) electrons. The molecule has 0 amide bonds. The van der Waals surface area contributed by atoms with Crippen molar-refractivity contribution in [3.8, 4) is 6.07 Å². The first kappa shape index (κ1) is 15.8. The van der Waals surface area contributed by atoms with Gasteiger partial charge in [-0.15, -0.1) is 0 Å². The molecule has 0 aliphatic carbocycles. The van der Waals surface area contributed by atoms with Gasteiger partial charge in [0.2, 0.25) is 0 Å². The summed E-state index contributed by atoms with van der Waals surface area (Å²) in [6.07, 6.45) is 10.5. The Balaban J connectivity index is 2.58. The first-order valence-corrected chi connectivity index (χ1v) is 7.81. The molecule has 0 saturated carbocycles. The van der Waals surface area contributed by atoms with Gasteiger partial charge in [0, 0.05) is 0 Å². The van der Waals surface area contributed by atoms with Crippen molar-refractivity contribution >= 4 is 0 Å². The number of rotatable bonds is 9. The third kappa shape index (κ3) is 5.92. The van der Waals surface area contributed by atoms with Crippen LogP contribution < -0.4 is 0 Å². The van der Waals surface area contributed by atoms with E-state index in [9.17, 15) is 0 Å². The van der Waals surface area contributed by atoms with Crippen molar-refractivity contribution < 1.29 is 0 Å². The van der Waals surface area contributed by atoms with E-state index < -0.39 is 0 Å². The van der Waals surface area contributed by atoms with Gasteiger partial charge >= 0.3 is 0 Å². The normalized spacial score (nSPS) is 12.1. The third-order valence-corrected chi connectivity index (χ3v) is 3.82. The molecule has 1 aromatic rings. The zero-order chi connectivity index (χ0) is 13.9. The largest absolute Gasteiger partial charge is 0.192 e. The second-order valence-corrected chi connectivity index (χ2v) is 5.42. The first-order chi connectivity index (χ1) is 9.31. The summed E-state index contributed by atoms with van der Waals surface area (Å²) in [6.45, 7) is 4.52. The predicted octanol–water partition coefficient (Wildman–Crippen LogP) is 5.80. The summed E-state index contributed by atoms with van der Waals surface area (Å²) in [4.78, 5) is 0. The van der Waals surface area contributed by atoms with Gasteiger partial charge in [-0.05, 0) is 36.5 Å². The monoisotopic (exact) mass is 257 g/mol. The minimum absolute atomic E-state index is 0.685. The van der Waals surface area contributed by atoms with Crippen LogP contribution in [0.25, 0.3) is 0 Å². The van der Waals surface area contributed by atoms with Crippen molar-refractivity contribution in [3.05, 3.63) is 35.4 Å². The molecule has 0 aliphatic rings. The zero-order valence-corrected chi connectivity index (χ0v) is 12.5. The van der Waals surface area contributed by atoms with Crippen LogP contribution >= 0.6 is 0 Å². The molecule has 1 unspecified atom stereocenters. The Morgan fingerprint density at radius 2 is 1.53 bits per heavy atom. The molecule has 1 atom stereocenters. The molecule has 0 saturated heterocycles. The summed E-state index contributed by atoms with van der Waals surface area (Å²) in [5.41, 5.74) is 2.19. The Morgan fingerprint density at radius 3 is 2.11 bits per heavy atom. The maximum atomic E-state index is 8.86. The molecule has 0 aliphatic heterocycles. The molecule has 0 bridgehead atoms. The molecule has 0 fully saturated rings. The highest BCUT2D eigenvalue weighted by molar-refractivity contribution is 5.33. The average molecular weight is 257 g/mol. The van der Waals surface area contributed by atoms with E-state index in [0.717, 1.165) is 5.56 Å².